The van der Waals surface area contributed by atoms with Crippen LogP contribution in [-0.4, -0.2) is 4.98 Å². The Morgan fingerprint density at radius 2 is 2.00 bits per heavy atom. The summed E-state index contributed by atoms with van der Waals surface area (Å²) in [7, 11) is 0. The average molecular weight is 335 g/mol. The van der Waals surface area contributed by atoms with Crippen LogP contribution in [0.5, 0.6) is 0 Å². The van der Waals surface area contributed by atoms with E-state index in [1.807, 2.05) is 24.3 Å². The Morgan fingerprint density at radius 3 is 2.58 bits per heavy atom. The molecule has 2 nitrogen and oxygen atoms in total. The highest BCUT2D eigenvalue weighted by Gasteiger charge is 2.15. The van der Waals surface area contributed by atoms with E-state index < -0.39 is 0 Å². The zero-order valence-electron chi connectivity index (χ0n) is 10.9. The summed E-state index contributed by atoms with van der Waals surface area (Å²) in [4.78, 5) is 4.63. The van der Waals surface area contributed by atoms with Crippen LogP contribution in [0.25, 0.3) is 11.3 Å². The maximum atomic E-state index is 9.13. The summed E-state index contributed by atoms with van der Waals surface area (Å²) < 4.78 is 1.07. The lowest BCUT2D eigenvalue weighted by Gasteiger charge is -2.10. The lowest BCUT2D eigenvalue weighted by Crippen LogP contribution is -2.09. The third-order valence-electron chi connectivity index (χ3n) is 3.06. The van der Waals surface area contributed by atoms with Crippen molar-refractivity contribution >= 4 is 27.3 Å². The molecule has 2 rings (SSSR count). The van der Waals surface area contributed by atoms with E-state index in [2.05, 4.69) is 46.2 Å². The van der Waals surface area contributed by atoms with Gasteiger partial charge >= 0.3 is 0 Å². The van der Waals surface area contributed by atoms with Gasteiger partial charge < -0.3 is 0 Å². The number of nitriles is 1. The second kappa shape index (κ2) is 6.31. The molecule has 0 aliphatic carbocycles. The molecule has 2 aromatic rings. The van der Waals surface area contributed by atoms with Gasteiger partial charge in [0.2, 0.25) is 0 Å². The van der Waals surface area contributed by atoms with Crippen molar-refractivity contribution in [3.8, 4) is 17.3 Å². The Bertz CT molecular complexity index is 581. The molecule has 4 heteroatoms. The molecule has 0 aliphatic heterocycles. The van der Waals surface area contributed by atoms with Gasteiger partial charge in [0.05, 0.1) is 22.7 Å². The van der Waals surface area contributed by atoms with Crippen LogP contribution in [0.2, 0.25) is 0 Å². The van der Waals surface area contributed by atoms with E-state index >= 15 is 0 Å². The summed E-state index contributed by atoms with van der Waals surface area (Å²) >= 11 is 5.06. The number of nitrogens with zero attached hydrogens (tertiary/aromatic N) is 2. The minimum atomic E-state index is 0.0453. The van der Waals surface area contributed by atoms with E-state index in [1.54, 1.807) is 11.3 Å². The van der Waals surface area contributed by atoms with Crippen molar-refractivity contribution in [1.29, 1.82) is 5.26 Å². The highest BCUT2D eigenvalue weighted by Crippen LogP contribution is 2.26. The molecule has 0 saturated carbocycles. The lowest BCUT2D eigenvalue weighted by atomic mass is 9.94. The van der Waals surface area contributed by atoms with Crippen molar-refractivity contribution in [2.24, 2.45) is 11.8 Å². The lowest BCUT2D eigenvalue weighted by molar-refractivity contribution is 0.473. The molecule has 0 N–H and O–H groups in total. The first-order valence-corrected chi connectivity index (χ1v) is 7.87. The largest absolute Gasteiger partial charge is 0.241 e. The van der Waals surface area contributed by atoms with Crippen LogP contribution < -0.4 is 0 Å². The normalized spacial score (nSPS) is 12.4. The number of aromatic nitrogens is 1. The number of hydrogen-bond acceptors (Lipinski definition) is 3. The van der Waals surface area contributed by atoms with Gasteiger partial charge in [-0.25, -0.2) is 4.98 Å². The molecule has 0 radical (unpaired) electrons. The Hall–Kier alpha value is -1.18. The Labute approximate surface area is 126 Å². The third kappa shape index (κ3) is 3.65. The van der Waals surface area contributed by atoms with Crippen LogP contribution in [0.4, 0.5) is 0 Å². The zero-order valence-corrected chi connectivity index (χ0v) is 13.3. The zero-order chi connectivity index (χ0) is 13.8. The van der Waals surface area contributed by atoms with Gasteiger partial charge in [-0.05, 0) is 18.1 Å². The standard InChI is InChI=1S/C15H15BrN2S/c1-10(2)12(8-17)7-15-18-14(9-19-15)11-3-5-13(16)6-4-11/h3-6,9-10,12H,7H2,1-2H3. The molecule has 1 unspecified atom stereocenters. The fourth-order valence-electron chi connectivity index (χ4n) is 1.78. The fourth-order valence-corrected chi connectivity index (χ4v) is 2.90. The van der Waals surface area contributed by atoms with Crippen LogP contribution in [-0.2, 0) is 6.42 Å². The van der Waals surface area contributed by atoms with Crippen LogP contribution in [0.3, 0.4) is 0 Å². The molecular weight excluding hydrogens is 320 g/mol. The van der Waals surface area contributed by atoms with Gasteiger partial charge in [0.25, 0.3) is 0 Å². The number of benzene rings is 1. The summed E-state index contributed by atoms with van der Waals surface area (Å²) in [6, 6.07) is 10.5. The van der Waals surface area contributed by atoms with Crippen molar-refractivity contribution in [1.82, 2.24) is 4.98 Å². The van der Waals surface area contributed by atoms with Crippen molar-refractivity contribution in [3.63, 3.8) is 0 Å². The highest BCUT2D eigenvalue weighted by molar-refractivity contribution is 9.10. The number of thiazole rings is 1. The van der Waals surface area contributed by atoms with Crippen LogP contribution in [0.15, 0.2) is 34.1 Å². The minimum Gasteiger partial charge on any atom is -0.241 e. The molecule has 19 heavy (non-hydrogen) atoms. The third-order valence-corrected chi connectivity index (χ3v) is 4.46. The molecule has 1 aromatic carbocycles. The van der Waals surface area contributed by atoms with E-state index in [1.165, 1.54) is 0 Å². The van der Waals surface area contributed by atoms with E-state index in [0.717, 1.165) is 27.2 Å². The van der Waals surface area contributed by atoms with E-state index in [-0.39, 0.29) is 5.92 Å². The summed E-state index contributed by atoms with van der Waals surface area (Å²) in [5, 5.41) is 12.2. The van der Waals surface area contributed by atoms with Crippen molar-refractivity contribution in [3.05, 3.63) is 39.1 Å². The van der Waals surface area contributed by atoms with Gasteiger partial charge in [-0.2, -0.15) is 5.26 Å². The Kier molecular flexibility index (Phi) is 4.73. The molecule has 1 heterocycles. The predicted molar refractivity (Wildman–Crippen MR) is 82.9 cm³/mol. The molecule has 98 valence electrons. The first-order chi connectivity index (χ1) is 9.10. The number of halogens is 1. The molecule has 0 aliphatic rings. The van der Waals surface area contributed by atoms with E-state index in [9.17, 15) is 0 Å². The summed E-state index contributed by atoms with van der Waals surface area (Å²) in [6.45, 7) is 4.16. The molecule has 0 saturated heterocycles. The monoisotopic (exact) mass is 334 g/mol. The smallest absolute Gasteiger partial charge is 0.0945 e. The molecule has 0 spiro atoms. The van der Waals surface area contributed by atoms with Gasteiger partial charge in [0.15, 0.2) is 0 Å². The molecule has 0 bridgehead atoms. The second-order valence-electron chi connectivity index (χ2n) is 4.82. The molecule has 1 atom stereocenters. The summed E-state index contributed by atoms with van der Waals surface area (Å²) in [6.07, 6.45) is 0.745. The van der Waals surface area contributed by atoms with Gasteiger partial charge in [-0.3, -0.25) is 0 Å². The molecular formula is C15H15BrN2S. The SMILES string of the molecule is CC(C)C(C#N)Cc1nc(-c2ccc(Br)cc2)cs1. The Balaban J connectivity index is 2.15. The van der Waals surface area contributed by atoms with Crippen molar-refractivity contribution in [2.75, 3.05) is 0 Å². The first kappa shape index (κ1) is 14.2. The summed E-state index contributed by atoms with van der Waals surface area (Å²) in [5.41, 5.74) is 2.11. The molecule has 0 amide bonds. The average Bonchev–Trinajstić information content (AvgIpc) is 2.85. The van der Waals surface area contributed by atoms with Crippen LogP contribution in [0.1, 0.15) is 18.9 Å². The van der Waals surface area contributed by atoms with Gasteiger partial charge in [0, 0.05) is 21.8 Å². The van der Waals surface area contributed by atoms with Gasteiger partial charge in [0.1, 0.15) is 0 Å². The van der Waals surface area contributed by atoms with Gasteiger partial charge in [-0.1, -0.05) is 41.9 Å². The fraction of sp³-hybridized carbons (Fsp3) is 0.333. The van der Waals surface area contributed by atoms with Crippen molar-refractivity contribution < 1.29 is 0 Å². The first-order valence-electron chi connectivity index (χ1n) is 6.20. The van der Waals surface area contributed by atoms with E-state index in [4.69, 9.17) is 5.26 Å². The topological polar surface area (TPSA) is 36.7 Å². The summed E-state index contributed by atoms with van der Waals surface area (Å²) in [5.74, 6) is 0.411. The number of rotatable bonds is 4. The van der Waals surface area contributed by atoms with Crippen molar-refractivity contribution in [2.45, 2.75) is 20.3 Å². The maximum Gasteiger partial charge on any atom is 0.0945 e. The molecule has 1 aromatic heterocycles. The quantitative estimate of drug-likeness (QED) is 0.796. The second-order valence-corrected chi connectivity index (χ2v) is 6.68. The Morgan fingerprint density at radius 1 is 1.32 bits per heavy atom. The van der Waals surface area contributed by atoms with Crippen LogP contribution >= 0.6 is 27.3 Å². The molecule has 0 fully saturated rings. The predicted octanol–water partition coefficient (Wildman–Crippen LogP) is 4.91. The minimum absolute atomic E-state index is 0.0453. The van der Waals surface area contributed by atoms with E-state index in [0.29, 0.717) is 5.92 Å². The van der Waals surface area contributed by atoms with Gasteiger partial charge in [-0.15, -0.1) is 11.3 Å². The highest BCUT2D eigenvalue weighted by atomic mass is 79.9. The van der Waals surface area contributed by atoms with Crippen LogP contribution in [0, 0.1) is 23.2 Å². The number of hydrogen-bond donors (Lipinski definition) is 0. The maximum absolute atomic E-state index is 9.13.